The van der Waals surface area contributed by atoms with Crippen molar-refractivity contribution in [2.45, 2.75) is 43.8 Å². The Bertz CT molecular complexity index is 1060. The molecule has 2 saturated heterocycles. The van der Waals surface area contributed by atoms with E-state index in [0.29, 0.717) is 24.8 Å². The first-order valence-corrected chi connectivity index (χ1v) is 12.1. The molecule has 2 heterocycles. The highest BCUT2D eigenvalue weighted by atomic mass is 35.5. The summed E-state index contributed by atoms with van der Waals surface area (Å²) >= 11 is 5.96. The molecule has 0 aromatic heterocycles. The van der Waals surface area contributed by atoms with Crippen molar-refractivity contribution in [1.82, 2.24) is 10.2 Å². The van der Waals surface area contributed by atoms with Crippen molar-refractivity contribution in [1.29, 1.82) is 0 Å². The van der Waals surface area contributed by atoms with Gasteiger partial charge in [-0.15, -0.1) is 0 Å². The molecule has 8 nitrogen and oxygen atoms in total. The summed E-state index contributed by atoms with van der Waals surface area (Å²) in [5.74, 6) is -3.70. The standard InChI is InChI=1S/C23H28ClN3O3.C2HF3O2/c24-17-7-5-16(6-8-17)13-26-11-9-18(10-12-26)25-20-14-27(15-22(20)28)21-4-2-1-3-19(21)23(29)30;3-2(4,5)1(6)7/h1-8,18,20,22,25,28H,9-15H2,(H,29,30);(H,6,7)/t20?,22-;/m1./s1. The fraction of sp³-hybridized carbons (Fsp3) is 0.440. The first-order chi connectivity index (χ1) is 17.4. The maximum absolute atomic E-state index is 11.5. The SMILES string of the molecule is O=C(O)C(F)(F)F.O=C(O)c1ccccc1N1CC(NC2CCN(Cc3ccc(Cl)cc3)CC2)[C@H](O)C1. The van der Waals surface area contributed by atoms with Crippen LogP contribution in [0.1, 0.15) is 28.8 Å². The molecule has 0 amide bonds. The molecule has 0 bridgehead atoms. The summed E-state index contributed by atoms with van der Waals surface area (Å²) in [7, 11) is 0. The number of carboxylic acids is 2. The van der Waals surface area contributed by atoms with E-state index >= 15 is 0 Å². The van der Waals surface area contributed by atoms with Gasteiger partial charge in [0.05, 0.1) is 23.4 Å². The van der Waals surface area contributed by atoms with Crippen LogP contribution in [0.25, 0.3) is 0 Å². The van der Waals surface area contributed by atoms with Crippen LogP contribution in [0.5, 0.6) is 0 Å². The summed E-state index contributed by atoms with van der Waals surface area (Å²) in [5.41, 5.74) is 2.22. The van der Waals surface area contributed by atoms with Crippen molar-refractivity contribution in [2.75, 3.05) is 31.1 Å². The zero-order valence-corrected chi connectivity index (χ0v) is 20.6. The number of likely N-dealkylation sites (tertiary alicyclic amines) is 1. The van der Waals surface area contributed by atoms with E-state index in [-0.39, 0.29) is 11.6 Å². The molecule has 12 heteroatoms. The van der Waals surface area contributed by atoms with E-state index in [1.807, 2.05) is 29.2 Å². The van der Waals surface area contributed by atoms with Crippen LogP contribution in [-0.4, -0.2) is 82.7 Å². The first-order valence-electron chi connectivity index (χ1n) is 11.7. The number of para-hydroxylation sites is 1. The number of nitrogens with zero attached hydrogens (tertiary/aromatic N) is 2. The number of aliphatic carboxylic acids is 1. The van der Waals surface area contributed by atoms with Gasteiger partial charge in [0.2, 0.25) is 0 Å². The van der Waals surface area contributed by atoms with E-state index in [9.17, 15) is 28.2 Å². The molecule has 2 aliphatic heterocycles. The highest BCUT2D eigenvalue weighted by Gasteiger charge is 2.38. The number of alkyl halides is 3. The molecule has 2 aromatic carbocycles. The molecule has 0 aliphatic carbocycles. The molecule has 4 N–H and O–H groups in total. The molecule has 37 heavy (non-hydrogen) atoms. The van der Waals surface area contributed by atoms with Crippen LogP contribution >= 0.6 is 11.6 Å². The monoisotopic (exact) mass is 543 g/mol. The molecule has 0 radical (unpaired) electrons. The van der Waals surface area contributed by atoms with E-state index in [2.05, 4.69) is 22.3 Å². The van der Waals surface area contributed by atoms with Crippen molar-refractivity contribution >= 4 is 29.2 Å². The normalized spacial score (nSPS) is 20.8. The van der Waals surface area contributed by atoms with Crippen LogP contribution in [-0.2, 0) is 11.3 Å². The predicted octanol–water partition coefficient (Wildman–Crippen LogP) is 3.48. The summed E-state index contributed by atoms with van der Waals surface area (Å²) < 4.78 is 31.7. The maximum Gasteiger partial charge on any atom is 0.490 e. The Morgan fingerprint density at radius 2 is 1.59 bits per heavy atom. The minimum atomic E-state index is -5.08. The second-order valence-corrected chi connectivity index (χ2v) is 9.48. The summed E-state index contributed by atoms with van der Waals surface area (Å²) in [6.45, 7) is 3.99. The number of carboxylic acid groups (broad SMARTS) is 2. The van der Waals surface area contributed by atoms with Crippen molar-refractivity contribution < 1.29 is 38.1 Å². The molecular formula is C25H29ClF3N3O5. The van der Waals surface area contributed by atoms with E-state index in [1.54, 1.807) is 12.1 Å². The highest BCUT2D eigenvalue weighted by Crippen LogP contribution is 2.26. The van der Waals surface area contributed by atoms with Gasteiger partial charge in [-0.25, -0.2) is 9.59 Å². The lowest BCUT2D eigenvalue weighted by Gasteiger charge is -2.34. The third-order valence-electron chi connectivity index (χ3n) is 6.36. The van der Waals surface area contributed by atoms with Gasteiger partial charge in [-0.2, -0.15) is 13.2 Å². The fourth-order valence-electron chi connectivity index (χ4n) is 4.49. The molecule has 1 unspecified atom stereocenters. The largest absolute Gasteiger partial charge is 0.490 e. The van der Waals surface area contributed by atoms with Gasteiger partial charge in [0, 0.05) is 30.7 Å². The van der Waals surface area contributed by atoms with Gasteiger partial charge >= 0.3 is 18.1 Å². The average Bonchev–Trinajstić information content (AvgIpc) is 3.21. The van der Waals surface area contributed by atoms with Gasteiger partial charge in [-0.05, 0) is 55.8 Å². The number of β-amino-alcohol motifs (C(OH)–C–C–N with tert-alkyl or cyclic N) is 1. The molecule has 202 valence electrons. The van der Waals surface area contributed by atoms with Gasteiger partial charge in [0.25, 0.3) is 0 Å². The first kappa shape index (κ1) is 28.7. The Labute approximate surface area is 217 Å². The van der Waals surface area contributed by atoms with Crippen LogP contribution in [0.15, 0.2) is 48.5 Å². The van der Waals surface area contributed by atoms with Gasteiger partial charge < -0.3 is 25.5 Å². The smallest absolute Gasteiger partial charge is 0.478 e. The van der Waals surface area contributed by atoms with Crippen molar-refractivity contribution in [2.24, 2.45) is 0 Å². The lowest BCUT2D eigenvalue weighted by atomic mass is 10.0. The number of piperidine rings is 1. The van der Waals surface area contributed by atoms with Crippen LogP contribution in [0.2, 0.25) is 5.02 Å². The number of nitrogens with one attached hydrogen (secondary N) is 1. The number of halogens is 4. The van der Waals surface area contributed by atoms with E-state index < -0.39 is 24.2 Å². The second kappa shape index (κ2) is 12.6. The molecule has 2 aliphatic rings. The van der Waals surface area contributed by atoms with Gasteiger partial charge in [-0.1, -0.05) is 35.9 Å². The highest BCUT2D eigenvalue weighted by molar-refractivity contribution is 6.30. The molecular weight excluding hydrogens is 515 g/mol. The third kappa shape index (κ3) is 8.32. The molecule has 2 fully saturated rings. The van der Waals surface area contributed by atoms with Crippen LogP contribution < -0.4 is 10.2 Å². The third-order valence-corrected chi connectivity index (χ3v) is 6.62. The number of anilines is 1. The molecule has 2 aromatic rings. The van der Waals surface area contributed by atoms with Crippen molar-refractivity contribution in [3.05, 3.63) is 64.7 Å². The Kier molecular flexibility index (Phi) is 9.77. The van der Waals surface area contributed by atoms with Gasteiger partial charge in [-0.3, -0.25) is 4.90 Å². The molecule has 2 atom stereocenters. The topological polar surface area (TPSA) is 113 Å². The summed E-state index contributed by atoms with van der Waals surface area (Å²) in [6.07, 6.45) is -3.54. The number of rotatable bonds is 6. The van der Waals surface area contributed by atoms with E-state index in [4.69, 9.17) is 21.5 Å². The minimum Gasteiger partial charge on any atom is -0.478 e. The van der Waals surface area contributed by atoms with Crippen LogP contribution in [0.4, 0.5) is 18.9 Å². The number of carbonyl (C=O) groups is 2. The molecule has 4 rings (SSSR count). The Morgan fingerprint density at radius 3 is 2.16 bits per heavy atom. The lowest BCUT2D eigenvalue weighted by molar-refractivity contribution is -0.192. The summed E-state index contributed by atoms with van der Waals surface area (Å²) in [4.78, 5) is 24.8. The van der Waals surface area contributed by atoms with Crippen LogP contribution in [0, 0.1) is 0 Å². The number of hydrogen-bond acceptors (Lipinski definition) is 6. The Balaban J connectivity index is 0.000000479. The van der Waals surface area contributed by atoms with E-state index in [0.717, 1.165) is 37.5 Å². The number of hydrogen-bond donors (Lipinski definition) is 4. The second-order valence-electron chi connectivity index (χ2n) is 9.05. The van der Waals surface area contributed by atoms with Crippen LogP contribution in [0.3, 0.4) is 0 Å². The maximum atomic E-state index is 11.5. The quantitative estimate of drug-likeness (QED) is 0.438. The summed E-state index contributed by atoms with van der Waals surface area (Å²) in [6, 6.07) is 15.3. The Hall–Kier alpha value is -2.86. The zero-order valence-electron chi connectivity index (χ0n) is 19.9. The number of aromatic carboxylic acids is 1. The molecule has 0 saturated carbocycles. The van der Waals surface area contributed by atoms with E-state index in [1.165, 1.54) is 5.56 Å². The fourth-order valence-corrected chi connectivity index (χ4v) is 4.61. The Morgan fingerprint density at radius 1 is 1.00 bits per heavy atom. The average molecular weight is 544 g/mol. The number of aliphatic hydroxyl groups is 1. The molecule has 0 spiro atoms. The minimum absolute atomic E-state index is 0.0559. The van der Waals surface area contributed by atoms with Crippen molar-refractivity contribution in [3.8, 4) is 0 Å². The van der Waals surface area contributed by atoms with Crippen molar-refractivity contribution in [3.63, 3.8) is 0 Å². The number of aliphatic hydroxyl groups excluding tert-OH is 1. The van der Waals surface area contributed by atoms with Gasteiger partial charge in [0.1, 0.15) is 0 Å². The number of benzene rings is 2. The zero-order chi connectivity index (χ0) is 27.2. The van der Waals surface area contributed by atoms with Gasteiger partial charge in [0.15, 0.2) is 0 Å². The summed E-state index contributed by atoms with van der Waals surface area (Å²) in [5, 5.41) is 31.5. The lowest BCUT2D eigenvalue weighted by Crippen LogP contribution is -2.49. The predicted molar refractivity (Wildman–Crippen MR) is 132 cm³/mol.